The molecule has 1 atom stereocenters. The van der Waals surface area contributed by atoms with Crippen LogP contribution in [0.4, 0.5) is 5.95 Å². The Bertz CT molecular complexity index is 881. The molecule has 8 heteroatoms. The Balaban J connectivity index is 1.70. The van der Waals surface area contributed by atoms with Gasteiger partial charge in [0.1, 0.15) is 0 Å². The third kappa shape index (κ3) is 3.13. The Morgan fingerprint density at radius 2 is 2.36 bits per heavy atom. The van der Waals surface area contributed by atoms with Crippen molar-refractivity contribution in [2.75, 3.05) is 11.9 Å². The molecule has 1 aliphatic heterocycles. The van der Waals surface area contributed by atoms with Crippen molar-refractivity contribution in [3.8, 4) is 0 Å². The number of nitrogens with zero attached hydrogens (tertiary/aromatic N) is 3. The fourth-order valence-corrected chi connectivity index (χ4v) is 3.18. The molecule has 1 amide bonds. The van der Waals surface area contributed by atoms with Crippen LogP contribution in [0.25, 0.3) is 11.0 Å². The second-order valence-electron chi connectivity index (χ2n) is 6.15. The topological polar surface area (TPSA) is 105 Å². The van der Waals surface area contributed by atoms with E-state index in [2.05, 4.69) is 20.8 Å². The van der Waals surface area contributed by atoms with E-state index < -0.39 is 5.91 Å². The first kappa shape index (κ1) is 15.8. The van der Waals surface area contributed by atoms with Gasteiger partial charge in [-0.25, -0.2) is 4.98 Å². The molecule has 1 saturated heterocycles. The predicted molar refractivity (Wildman–Crippen MR) is 91.1 cm³/mol. The maximum absolute atomic E-state index is 12.3. The van der Waals surface area contributed by atoms with Crippen molar-refractivity contribution in [2.45, 2.75) is 32.0 Å². The maximum atomic E-state index is 12.3. The van der Waals surface area contributed by atoms with E-state index in [4.69, 9.17) is 4.52 Å². The quantitative estimate of drug-likeness (QED) is 0.650. The third-order valence-electron chi connectivity index (χ3n) is 4.45. The first-order valence-electron chi connectivity index (χ1n) is 8.30. The number of aliphatic hydroxyl groups excluding tert-OH is 1. The van der Waals surface area contributed by atoms with Crippen LogP contribution in [0.5, 0.6) is 0 Å². The second kappa shape index (κ2) is 6.66. The number of nitrogens with one attached hydrogen (secondary N) is 2. The van der Waals surface area contributed by atoms with Crippen LogP contribution < -0.4 is 10.6 Å². The van der Waals surface area contributed by atoms with Crippen molar-refractivity contribution in [2.24, 2.45) is 0 Å². The molecular weight excluding hydrogens is 322 g/mol. The average Bonchev–Trinajstić information content (AvgIpc) is 3.36. The van der Waals surface area contributed by atoms with Crippen LogP contribution in [0.3, 0.4) is 0 Å². The Morgan fingerprint density at radius 1 is 1.44 bits per heavy atom. The molecular formula is C17H19N5O3. The van der Waals surface area contributed by atoms with Crippen molar-refractivity contribution in [1.29, 1.82) is 0 Å². The van der Waals surface area contributed by atoms with Gasteiger partial charge in [0.15, 0.2) is 0 Å². The molecule has 1 aromatic carbocycles. The van der Waals surface area contributed by atoms with Gasteiger partial charge in [-0.05, 0) is 37.1 Å². The van der Waals surface area contributed by atoms with E-state index in [0.29, 0.717) is 18.5 Å². The largest absolute Gasteiger partial charge is 0.392 e. The highest BCUT2D eigenvalue weighted by molar-refractivity contribution is 6.02. The maximum Gasteiger partial charge on any atom is 0.296 e. The van der Waals surface area contributed by atoms with Gasteiger partial charge in [-0.2, -0.15) is 0 Å². The van der Waals surface area contributed by atoms with Gasteiger partial charge >= 0.3 is 0 Å². The Hall–Kier alpha value is -2.71. The molecule has 0 bridgehead atoms. The minimum absolute atomic E-state index is 0.0489. The lowest BCUT2D eigenvalue weighted by Crippen LogP contribution is -2.28. The SMILES string of the molecule is O=C(Nc1nc2cc(CO)ccc2n1C[C@H]1CCCN1)c1ccno1. The summed E-state index contributed by atoms with van der Waals surface area (Å²) < 4.78 is 6.90. The van der Waals surface area contributed by atoms with E-state index >= 15 is 0 Å². The van der Waals surface area contributed by atoms with Crippen molar-refractivity contribution >= 4 is 22.9 Å². The van der Waals surface area contributed by atoms with Gasteiger partial charge < -0.3 is 19.5 Å². The average molecular weight is 341 g/mol. The molecule has 4 rings (SSSR count). The number of hydrogen-bond acceptors (Lipinski definition) is 6. The van der Waals surface area contributed by atoms with Crippen LogP contribution in [0.15, 0.2) is 35.0 Å². The molecule has 0 spiro atoms. The first-order valence-corrected chi connectivity index (χ1v) is 8.30. The van der Waals surface area contributed by atoms with E-state index in [-0.39, 0.29) is 12.4 Å². The predicted octanol–water partition coefficient (Wildman–Crippen LogP) is 1.52. The summed E-state index contributed by atoms with van der Waals surface area (Å²) >= 11 is 0. The number of carbonyl (C=O) groups is 1. The highest BCUT2D eigenvalue weighted by atomic mass is 16.5. The second-order valence-corrected chi connectivity index (χ2v) is 6.15. The van der Waals surface area contributed by atoms with Gasteiger partial charge in [-0.15, -0.1) is 0 Å². The van der Waals surface area contributed by atoms with E-state index in [1.54, 1.807) is 0 Å². The molecule has 3 N–H and O–H groups in total. The van der Waals surface area contributed by atoms with Gasteiger partial charge in [0.2, 0.25) is 11.7 Å². The van der Waals surface area contributed by atoms with Crippen LogP contribution >= 0.6 is 0 Å². The van der Waals surface area contributed by atoms with E-state index in [9.17, 15) is 9.90 Å². The van der Waals surface area contributed by atoms with Crippen LogP contribution in [0.2, 0.25) is 0 Å². The number of hydrogen-bond donors (Lipinski definition) is 3. The van der Waals surface area contributed by atoms with Gasteiger partial charge in [-0.3, -0.25) is 10.1 Å². The van der Waals surface area contributed by atoms with Crippen molar-refractivity contribution in [3.63, 3.8) is 0 Å². The Morgan fingerprint density at radius 3 is 3.08 bits per heavy atom. The zero-order valence-electron chi connectivity index (χ0n) is 13.6. The van der Waals surface area contributed by atoms with Gasteiger partial charge in [0, 0.05) is 18.7 Å². The van der Waals surface area contributed by atoms with Crippen molar-refractivity contribution < 1.29 is 14.4 Å². The molecule has 0 saturated carbocycles. The zero-order valence-corrected chi connectivity index (χ0v) is 13.6. The van der Waals surface area contributed by atoms with Crippen LogP contribution in [0.1, 0.15) is 29.0 Å². The fourth-order valence-electron chi connectivity index (χ4n) is 3.18. The smallest absolute Gasteiger partial charge is 0.296 e. The molecule has 0 unspecified atom stereocenters. The normalized spacial score (nSPS) is 17.2. The zero-order chi connectivity index (χ0) is 17.2. The summed E-state index contributed by atoms with van der Waals surface area (Å²) in [6.07, 6.45) is 3.66. The summed E-state index contributed by atoms with van der Waals surface area (Å²) in [7, 11) is 0. The molecule has 1 fully saturated rings. The molecule has 25 heavy (non-hydrogen) atoms. The van der Waals surface area contributed by atoms with Gasteiger partial charge in [0.05, 0.1) is 23.8 Å². The number of rotatable bonds is 5. The van der Waals surface area contributed by atoms with Crippen LogP contribution in [-0.4, -0.2) is 38.3 Å². The summed E-state index contributed by atoms with van der Waals surface area (Å²) in [5.74, 6) is 0.199. The number of imidazole rings is 1. The van der Waals surface area contributed by atoms with Crippen molar-refractivity contribution in [3.05, 3.63) is 41.8 Å². The summed E-state index contributed by atoms with van der Waals surface area (Å²) in [6, 6.07) is 7.47. The lowest BCUT2D eigenvalue weighted by Gasteiger charge is -2.14. The number of benzene rings is 1. The molecule has 3 heterocycles. The van der Waals surface area contributed by atoms with Crippen LogP contribution in [-0.2, 0) is 13.2 Å². The van der Waals surface area contributed by atoms with Gasteiger partial charge in [-0.1, -0.05) is 11.2 Å². The Labute approximate surface area is 143 Å². The number of fused-ring (bicyclic) bond motifs is 1. The van der Waals surface area contributed by atoms with Crippen molar-refractivity contribution in [1.82, 2.24) is 20.0 Å². The molecule has 0 aliphatic carbocycles. The highest BCUT2D eigenvalue weighted by Gasteiger charge is 2.21. The lowest BCUT2D eigenvalue weighted by atomic mass is 10.2. The highest BCUT2D eigenvalue weighted by Crippen LogP contribution is 2.23. The minimum Gasteiger partial charge on any atom is -0.392 e. The number of aromatic nitrogens is 3. The molecule has 130 valence electrons. The number of amides is 1. The fraction of sp³-hybridized carbons (Fsp3) is 0.353. The summed E-state index contributed by atoms with van der Waals surface area (Å²) in [4.78, 5) is 16.9. The summed E-state index contributed by atoms with van der Waals surface area (Å²) in [6.45, 7) is 1.67. The van der Waals surface area contributed by atoms with E-state index in [0.717, 1.165) is 36.0 Å². The summed E-state index contributed by atoms with van der Waals surface area (Å²) in [5, 5.41) is 19.2. The van der Waals surface area contributed by atoms with Crippen LogP contribution in [0, 0.1) is 0 Å². The number of anilines is 1. The molecule has 3 aromatic rings. The standard InChI is InChI=1S/C17H19N5O3/c23-10-11-3-4-14-13(8-11)20-17(21-16(24)15-5-7-19-25-15)22(14)9-12-2-1-6-18-12/h3-5,7-8,12,18,23H,1-2,6,9-10H2,(H,20,21,24)/t12-/m1/s1. The monoisotopic (exact) mass is 341 g/mol. The van der Waals surface area contributed by atoms with Gasteiger partial charge in [0.25, 0.3) is 5.91 Å². The molecule has 8 nitrogen and oxygen atoms in total. The molecule has 0 radical (unpaired) electrons. The number of aliphatic hydroxyl groups is 1. The Kier molecular flexibility index (Phi) is 4.21. The van der Waals surface area contributed by atoms with E-state index in [1.807, 2.05) is 22.8 Å². The minimum atomic E-state index is -0.393. The van der Waals surface area contributed by atoms with E-state index in [1.165, 1.54) is 12.3 Å². The molecule has 1 aliphatic rings. The number of carbonyl (C=O) groups excluding carboxylic acids is 1. The molecule has 2 aromatic heterocycles. The third-order valence-corrected chi connectivity index (χ3v) is 4.45. The first-order chi connectivity index (χ1) is 12.2. The summed E-state index contributed by atoms with van der Waals surface area (Å²) in [5.41, 5.74) is 2.43. The lowest BCUT2D eigenvalue weighted by molar-refractivity contribution is 0.0986.